The Hall–Kier alpha value is -4.17. The van der Waals surface area contributed by atoms with Crippen LogP contribution in [0.15, 0.2) is 85.5 Å². The zero-order valence-electron chi connectivity index (χ0n) is 21.0. The summed E-state index contributed by atoms with van der Waals surface area (Å²) in [6.07, 6.45) is 3.17. The van der Waals surface area contributed by atoms with E-state index in [0.29, 0.717) is 0 Å². The molecule has 8 heteroatoms. The summed E-state index contributed by atoms with van der Waals surface area (Å²) in [4.78, 5) is 19.2. The smallest absolute Gasteiger partial charge is 0.234 e. The van der Waals surface area contributed by atoms with E-state index in [1.807, 2.05) is 84.7 Å². The van der Waals surface area contributed by atoms with Gasteiger partial charge in [0.15, 0.2) is 0 Å². The maximum absolute atomic E-state index is 13.2. The molecule has 0 saturated carbocycles. The van der Waals surface area contributed by atoms with Crippen LogP contribution < -0.4 is 14.8 Å². The van der Waals surface area contributed by atoms with Crippen molar-refractivity contribution in [3.05, 3.63) is 102 Å². The molecule has 1 aromatic heterocycles. The van der Waals surface area contributed by atoms with Gasteiger partial charge in [-0.15, -0.1) is 0 Å². The number of rotatable bonds is 10. The Balaban J connectivity index is 1.46. The third-order valence-electron chi connectivity index (χ3n) is 6.32. The summed E-state index contributed by atoms with van der Waals surface area (Å²) in [6, 6.07) is 23.3. The molecule has 0 fully saturated rings. The highest BCUT2D eigenvalue weighted by Gasteiger charge is 2.20. The third kappa shape index (κ3) is 5.90. The highest BCUT2D eigenvalue weighted by atomic mass is 16.5. The molecule has 1 N–H and O–H groups in total. The van der Waals surface area contributed by atoms with Gasteiger partial charge in [-0.25, -0.2) is 9.67 Å². The lowest BCUT2D eigenvalue weighted by atomic mass is 9.98. The number of aromatic nitrogens is 3. The van der Waals surface area contributed by atoms with Crippen molar-refractivity contribution >= 4 is 5.91 Å². The van der Waals surface area contributed by atoms with Crippen LogP contribution in [0.4, 0.5) is 0 Å². The maximum atomic E-state index is 13.2. The standard InChI is InChI=1S/C28H31N5O3/c1-20(21-5-11-24(12-6-21)33-19-29-18-30-33)32(2)17-27(34)31-28(22-7-13-25(35-3)14-8-22)23-9-15-26(36-4)16-10-23/h5-16,18-20,28H,17H2,1-4H3,(H,31,34). The van der Waals surface area contributed by atoms with E-state index in [9.17, 15) is 4.79 Å². The Morgan fingerprint density at radius 1 is 0.889 bits per heavy atom. The van der Waals surface area contributed by atoms with Gasteiger partial charge in [0, 0.05) is 6.04 Å². The largest absolute Gasteiger partial charge is 0.497 e. The van der Waals surface area contributed by atoms with Crippen molar-refractivity contribution in [1.82, 2.24) is 25.0 Å². The normalized spacial score (nSPS) is 11.9. The van der Waals surface area contributed by atoms with Crippen LogP contribution in [0.2, 0.25) is 0 Å². The third-order valence-corrected chi connectivity index (χ3v) is 6.32. The predicted octanol–water partition coefficient (Wildman–Crippen LogP) is 4.18. The fourth-order valence-electron chi connectivity index (χ4n) is 4.02. The zero-order valence-corrected chi connectivity index (χ0v) is 21.0. The summed E-state index contributed by atoms with van der Waals surface area (Å²) in [5, 5.41) is 7.37. The van der Waals surface area contributed by atoms with Crippen molar-refractivity contribution in [1.29, 1.82) is 0 Å². The lowest BCUT2D eigenvalue weighted by Crippen LogP contribution is -2.38. The van der Waals surface area contributed by atoms with E-state index < -0.39 is 0 Å². The second kappa shape index (κ2) is 11.5. The fourth-order valence-corrected chi connectivity index (χ4v) is 4.02. The Morgan fingerprint density at radius 2 is 1.42 bits per heavy atom. The van der Waals surface area contributed by atoms with Gasteiger partial charge in [0.05, 0.1) is 32.5 Å². The second-order valence-corrected chi connectivity index (χ2v) is 8.57. The van der Waals surface area contributed by atoms with Crippen molar-refractivity contribution in [2.24, 2.45) is 0 Å². The Kier molecular flexibility index (Phi) is 7.97. The number of hydrogen-bond acceptors (Lipinski definition) is 6. The lowest BCUT2D eigenvalue weighted by Gasteiger charge is -2.26. The number of methoxy groups -OCH3 is 2. The predicted molar refractivity (Wildman–Crippen MR) is 138 cm³/mol. The molecule has 0 aliphatic rings. The molecule has 36 heavy (non-hydrogen) atoms. The minimum absolute atomic E-state index is 0.0426. The minimum Gasteiger partial charge on any atom is -0.497 e. The van der Waals surface area contributed by atoms with Crippen LogP contribution in [0, 0.1) is 0 Å². The molecule has 4 aromatic rings. The topological polar surface area (TPSA) is 81.5 Å². The van der Waals surface area contributed by atoms with E-state index in [2.05, 4.69) is 22.3 Å². The maximum Gasteiger partial charge on any atom is 0.234 e. The molecule has 0 aliphatic heterocycles. The first-order valence-corrected chi connectivity index (χ1v) is 11.7. The van der Waals surface area contributed by atoms with Crippen molar-refractivity contribution < 1.29 is 14.3 Å². The Bertz CT molecular complexity index is 1190. The molecule has 0 radical (unpaired) electrons. The van der Waals surface area contributed by atoms with Crippen LogP contribution in [-0.2, 0) is 4.79 Å². The number of amides is 1. The van der Waals surface area contributed by atoms with Gasteiger partial charge in [-0.3, -0.25) is 9.69 Å². The first kappa shape index (κ1) is 24.9. The van der Waals surface area contributed by atoms with Gasteiger partial charge in [-0.1, -0.05) is 36.4 Å². The number of nitrogens with one attached hydrogen (secondary N) is 1. The van der Waals surface area contributed by atoms with Crippen LogP contribution in [0.5, 0.6) is 11.5 Å². The van der Waals surface area contributed by atoms with Gasteiger partial charge in [0.1, 0.15) is 24.2 Å². The van der Waals surface area contributed by atoms with Crippen LogP contribution in [-0.4, -0.2) is 53.4 Å². The summed E-state index contributed by atoms with van der Waals surface area (Å²) >= 11 is 0. The van der Waals surface area contributed by atoms with Gasteiger partial charge in [0.2, 0.25) is 5.91 Å². The summed E-state index contributed by atoms with van der Waals surface area (Å²) in [5.74, 6) is 1.46. The SMILES string of the molecule is COc1ccc(C(NC(=O)CN(C)C(C)c2ccc(-n3cncn3)cc2)c2ccc(OC)cc2)cc1. The molecular weight excluding hydrogens is 454 g/mol. The second-order valence-electron chi connectivity index (χ2n) is 8.57. The van der Waals surface area contributed by atoms with Crippen molar-refractivity contribution in [2.45, 2.75) is 19.0 Å². The summed E-state index contributed by atoms with van der Waals surface area (Å²) in [7, 11) is 5.22. The minimum atomic E-state index is -0.306. The van der Waals surface area contributed by atoms with E-state index >= 15 is 0 Å². The molecular formula is C28H31N5O3. The van der Waals surface area contributed by atoms with Crippen molar-refractivity contribution in [3.63, 3.8) is 0 Å². The van der Waals surface area contributed by atoms with Gasteiger partial charge in [-0.05, 0) is 67.1 Å². The fraction of sp³-hybridized carbons (Fsp3) is 0.250. The summed E-state index contributed by atoms with van der Waals surface area (Å²) < 4.78 is 12.3. The molecule has 0 bridgehead atoms. The van der Waals surface area contributed by atoms with Gasteiger partial charge in [-0.2, -0.15) is 5.10 Å². The van der Waals surface area contributed by atoms with Gasteiger partial charge < -0.3 is 14.8 Å². The lowest BCUT2D eigenvalue weighted by molar-refractivity contribution is -0.122. The van der Waals surface area contributed by atoms with E-state index in [1.54, 1.807) is 25.2 Å². The van der Waals surface area contributed by atoms with E-state index in [1.165, 1.54) is 6.33 Å². The average Bonchev–Trinajstić information content (AvgIpc) is 3.47. The number of carbonyl (C=O) groups is 1. The van der Waals surface area contributed by atoms with Crippen LogP contribution in [0.25, 0.3) is 5.69 Å². The van der Waals surface area contributed by atoms with Crippen molar-refractivity contribution in [3.8, 4) is 17.2 Å². The number of carbonyl (C=O) groups excluding carboxylic acids is 1. The molecule has 0 aliphatic carbocycles. The van der Waals surface area contributed by atoms with Crippen molar-refractivity contribution in [2.75, 3.05) is 27.8 Å². The highest BCUT2D eigenvalue weighted by molar-refractivity contribution is 5.79. The van der Waals surface area contributed by atoms with Crippen LogP contribution >= 0.6 is 0 Å². The number of ether oxygens (including phenoxy) is 2. The monoisotopic (exact) mass is 485 g/mol. The molecule has 0 spiro atoms. The quantitative estimate of drug-likeness (QED) is 0.363. The van der Waals surface area contributed by atoms with E-state index in [0.717, 1.165) is 33.9 Å². The molecule has 0 saturated heterocycles. The number of hydrogen-bond donors (Lipinski definition) is 1. The molecule has 4 rings (SSSR count). The first-order valence-electron chi connectivity index (χ1n) is 11.7. The summed E-state index contributed by atoms with van der Waals surface area (Å²) in [5.41, 5.74) is 3.98. The Labute approximate surface area is 211 Å². The van der Waals surface area contributed by atoms with Crippen LogP contribution in [0.3, 0.4) is 0 Å². The molecule has 1 heterocycles. The molecule has 186 valence electrons. The average molecular weight is 486 g/mol. The van der Waals surface area contributed by atoms with E-state index in [4.69, 9.17) is 9.47 Å². The van der Waals surface area contributed by atoms with Crippen LogP contribution in [0.1, 0.15) is 35.7 Å². The molecule has 1 atom stereocenters. The Morgan fingerprint density at radius 3 is 1.89 bits per heavy atom. The van der Waals surface area contributed by atoms with Gasteiger partial charge in [0.25, 0.3) is 0 Å². The number of benzene rings is 3. The molecule has 3 aromatic carbocycles. The molecule has 1 amide bonds. The molecule has 1 unspecified atom stereocenters. The van der Waals surface area contributed by atoms with E-state index in [-0.39, 0.29) is 24.5 Å². The molecule has 8 nitrogen and oxygen atoms in total. The first-order chi connectivity index (χ1) is 17.5. The highest BCUT2D eigenvalue weighted by Crippen LogP contribution is 2.26. The number of nitrogens with zero attached hydrogens (tertiary/aromatic N) is 4. The number of likely N-dealkylation sites (N-methyl/N-ethyl adjacent to an activating group) is 1. The van der Waals surface area contributed by atoms with Gasteiger partial charge >= 0.3 is 0 Å². The zero-order chi connectivity index (χ0) is 25.5. The summed E-state index contributed by atoms with van der Waals surface area (Å²) in [6.45, 7) is 2.33.